The van der Waals surface area contributed by atoms with Gasteiger partial charge in [0, 0.05) is 23.1 Å². The number of benzene rings is 2. The maximum atomic E-state index is 14.7. The van der Waals surface area contributed by atoms with E-state index in [1.54, 1.807) is 31.2 Å². The van der Waals surface area contributed by atoms with E-state index < -0.39 is 33.4 Å². The van der Waals surface area contributed by atoms with Crippen molar-refractivity contribution >= 4 is 16.2 Å². The van der Waals surface area contributed by atoms with E-state index in [-0.39, 0.29) is 18.0 Å². The second-order valence-corrected chi connectivity index (χ2v) is 8.67. The van der Waals surface area contributed by atoms with Crippen LogP contribution in [0, 0.1) is 11.6 Å². The molecule has 3 aromatic rings. The standard InChI is InChI=1S/C20H19F2N5O4S/c1-13(14-3-5-15(6-4-14)19-25-26-32(29,30-2)31-19)20(28,10-27-12-23-11-24-27)17-8-7-16(21)9-18(17)22/h3-9,11-13,28H,10H2,1-2H3. The summed E-state index contributed by atoms with van der Waals surface area (Å²) < 4.78 is 54.9. The summed E-state index contributed by atoms with van der Waals surface area (Å²) >= 11 is 0. The van der Waals surface area contributed by atoms with Crippen molar-refractivity contribution in [3.8, 4) is 0 Å². The van der Waals surface area contributed by atoms with Gasteiger partial charge in [0.15, 0.2) is 0 Å². The van der Waals surface area contributed by atoms with Gasteiger partial charge in [-0.1, -0.05) is 30.2 Å². The Kier molecular flexibility index (Phi) is 5.75. The Labute approximate surface area is 182 Å². The summed E-state index contributed by atoms with van der Waals surface area (Å²) in [6.07, 6.45) is 2.70. The zero-order valence-corrected chi connectivity index (χ0v) is 17.9. The molecule has 0 amide bonds. The summed E-state index contributed by atoms with van der Waals surface area (Å²) in [5, 5.41) is 19.4. The van der Waals surface area contributed by atoms with Crippen LogP contribution in [0.4, 0.5) is 8.78 Å². The molecule has 1 aliphatic heterocycles. The van der Waals surface area contributed by atoms with Crippen LogP contribution in [0.3, 0.4) is 0 Å². The summed E-state index contributed by atoms with van der Waals surface area (Å²) in [4.78, 5) is 3.86. The number of rotatable bonds is 7. The molecule has 0 saturated carbocycles. The Morgan fingerprint density at radius 1 is 1.25 bits per heavy atom. The quantitative estimate of drug-likeness (QED) is 0.577. The highest BCUT2D eigenvalue weighted by Gasteiger charge is 2.40. The van der Waals surface area contributed by atoms with Crippen LogP contribution in [-0.4, -0.2) is 37.1 Å². The molecule has 0 aliphatic carbocycles. The zero-order valence-electron chi connectivity index (χ0n) is 17.1. The van der Waals surface area contributed by atoms with E-state index in [1.807, 2.05) is 0 Å². The first kappa shape index (κ1) is 22.0. The molecular weight excluding hydrogens is 444 g/mol. The van der Waals surface area contributed by atoms with Crippen molar-refractivity contribution in [3.05, 3.63) is 83.4 Å². The molecular formula is C20H19F2N5O4S. The van der Waals surface area contributed by atoms with E-state index in [2.05, 4.69) is 19.7 Å². The van der Waals surface area contributed by atoms with Gasteiger partial charge in [-0.05, 0) is 28.2 Å². The van der Waals surface area contributed by atoms with Gasteiger partial charge in [0.1, 0.15) is 29.9 Å². The summed E-state index contributed by atoms with van der Waals surface area (Å²) in [6, 6.07) is 9.68. The maximum Gasteiger partial charge on any atom is 0.363 e. The van der Waals surface area contributed by atoms with Crippen LogP contribution in [0.15, 0.2) is 64.7 Å². The van der Waals surface area contributed by atoms with Crippen molar-refractivity contribution in [2.24, 2.45) is 9.57 Å². The second-order valence-electron chi connectivity index (χ2n) is 7.15. The van der Waals surface area contributed by atoms with Gasteiger partial charge in [-0.25, -0.2) is 18.4 Å². The van der Waals surface area contributed by atoms with Gasteiger partial charge in [-0.15, -0.1) is 0 Å². The van der Waals surface area contributed by atoms with E-state index in [0.717, 1.165) is 12.1 Å². The highest BCUT2D eigenvalue weighted by atomic mass is 32.2. The van der Waals surface area contributed by atoms with Gasteiger partial charge < -0.3 is 9.29 Å². The lowest BCUT2D eigenvalue weighted by molar-refractivity contribution is -0.0112. The van der Waals surface area contributed by atoms with E-state index in [9.17, 15) is 18.1 Å². The van der Waals surface area contributed by atoms with Crippen LogP contribution in [0.25, 0.3) is 0 Å². The highest BCUT2D eigenvalue weighted by Crippen LogP contribution is 2.39. The number of aliphatic hydroxyl groups is 1. The Morgan fingerprint density at radius 2 is 2.00 bits per heavy atom. The van der Waals surface area contributed by atoms with E-state index >= 15 is 0 Å². The van der Waals surface area contributed by atoms with Crippen LogP contribution in [0.2, 0.25) is 0 Å². The smallest absolute Gasteiger partial charge is 0.363 e. The molecule has 1 N–H and O–H groups in total. The fourth-order valence-corrected chi connectivity index (χ4v) is 4.11. The highest BCUT2D eigenvalue weighted by molar-refractivity contribution is 7.84. The predicted molar refractivity (Wildman–Crippen MR) is 110 cm³/mol. The minimum absolute atomic E-state index is 0.0264. The van der Waals surface area contributed by atoms with Crippen LogP contribution in [0.5, 0.6) is 0 Å². The Balaban J connectivity index is 1.67. The van der Waals surface area contributed by atoms with Crippen LogP contribution >= 0.6 is 0 Å². The molecule has 0 saturated heterocycles. The van der Waals surface area contributed by atoms with Crippen LogP contribution < -0.4 is 0 Å². The first-order valence-corrected chi connectivity index (χ1v) is 10.8. The Bertz CT molecular complexity index is 1270. The molecule has 0 radical (unpaired) electrons. The number of nitrogens with zero attached hydrogens (tertiary/aromatic N) is 5. The summed E-state index contributed by atoms with van der Waals surface area (Å²) in [5.41, 5.74) is -0.732. The minimum Gasteiger partial charge on any atom is -0.382 e. The maximum absolute atomic E-state index is 14.7. The molecule has 168 valence electrons. The molecule has 3 unspecified atom stereocenters. The van der Waals surface area contributed by atoms with Crippen LogP contribution in [0.1, 0.15) is 29.5 Å². The lowest BCUT2D eigenvalue weighted by Crippen LogP contribution is -2.38. The molecule has 2 heterocycles. The second kappa shape index (κ2) is 8.37. The fourth-order valence-electron chi connectivity index (χ4n) is 3.44. The first-order chi connectivity index (χ1) is 15.2. The molecule has 4 rings (SSSR count). The molecule has 12 heteroatoms. The van der Waals surface area contributed by atoms with E-state index in [1.165, 1.54) is 30.5 Å². The van der Waals surface area contributed by atoms with Gasteiger partial charge >= 0.3 is 10.3 Å². The lowest BCUT2D eigenvalue weighted by atomic mass is 9.78. The van der Waals surface area contributed by atoms with Crippen LogP contribution in [-0.2, 0) is 30.8 Å². The third-order valence-electron chi connectivity index (χ3n) is 5.27. The van der Waals surface area contributed by atoms with Gasteiger partial charge in [-0.2, -0.15) is 9.31 Å². The van der Waals surface area contributed by atoms with E-state index in [0.29, 0.717) is 11.1 Å². The molecule has 9 nitrogen and oxygen atoms in total. The number of hydrogen-bond donors (Lipinski definition) is 1. The number of halogens is 2. The molecule has 1 aromatic heterocycles. The van der Waals surface area contributed by atoms with Gasteiger partial charge in [0.2, 0.25) is 0 Å². The lowest BCUT2D eigenvalue weighted by Gasteiger charge is -2.35. The average Bonchev–Trinajstić information content (AvgIpc) is 3.43. The third-order valence-corrected chi connectivity index (χ3v) is 6.34. The van der Waals surface area contributed by atoms with Crippen molar-refractivity contribution in [2.75, 3.05) is 7.11 Å². The topological polar surface area (TPSA) is 111 Å². The molecule has 0 spiro atoms. The van der Waals surface area contributed by atoms with Gasteiger partial charge in [-0.3, -0.25) is 4.18 Å². The molecule has 0 bridgehead atoms. The largest absolute Gasteiger partial charge is 0.382 e. The molecule has 3 atom stereocenters. The van der Waals surface area contributed by atoms with Gasteiger partial charge in [0.05, 0.1) is 13.7 Å². The van der Waals surface area contributed by atoms with Crippen molar-refractivity contribution in [1.82, 2.24) is 14.8 Å². The van der Waals surface area contributed by atoms with Crippen molar-refractivity contribution in [1.29, 1.82) is 0 Å². The fraction of sp³-hybridized carbons (Fsp3) is 0.250. The zero-order chi connectivity index (χ0) is 22.9. The van der Waals surface area contributed by atoms with E-state index in [4.69, 9.17) is 8.37 Å². The summed E-state index contributed by atoms with van der Waals surface area (Å²) in [6.45, 7) is 1.59. The summed E-state index contributed by atoms with van der Waals surface area (Å²) in [7, 11) is -2.12. The van der Waals surface area contributed by atoms with Gasteiger partial charge in [0.25, 0.3) is 5.90 Å². The molecule has 32 heavy (non-hydrogen) atoms. The molecule has 0 fully saturated rings. The first-order valence-electron chi connectivity index (χ1n) is 9.44. The molecule has 1 aliphatic rings. The minimum atomic E-state index is -3.32. The van der Waals surface area contributed by atoms with Crippen molar-refractivity contribution < 1.29 is 26.5 Å². The van der Waals surface area contributed by atoms with Crippen molar-refractivity contribution in [3.63, 3.8) is 0 Å². The predicted octanol–water partition coefficient (Wildman–Crippen LogP) is 2.88. The SMILES string of the molecule is COS1(=O)=NN=C(c2ccc(C(C)C(O)(Cn3cncn3)c3ccc(F)cc3F)cc2)O1. The Morgan fingerprint density at radius 3 is 2.59 bits per heavy atom. The Hall–Kier alpha value is -3.22. The average molecular weight is 463 g/mol. The third kappa shape index (κ3) is 4.11. The molecule has 2 aromatic carbocycles. The van der Waals surface area contributed by atoms with Crippen molar-refractivity contribution in [2.45, 2.75) is 25.0 Å². The monoisotopic (exact) mass is 463 g/mol. The number of hydrogen-bond acceptors (Lipinski definition) is 8. The number of aromatic nitrogens is 3. The summed E-state index contributed by atoms with van der Waals surface area (Å²) in [5.74, 6) is -2.25. The normalized spacial score (nSPS) is 20.7.